The first-order valence-electron chi connectivity index (χ1n) is 17.8. The predicted molar refractivity (Wildman–Crippen MR) is 174 cm³/mol. The van der Waals surface area contributed by atoms with Gasteiger partial charge in [-0.15, -0.1) is 0 Å². The summed E-state index contributed by atoms with van der Waals surface area (Å²) in [5.74, 6) is 0. The lowest BCUT2D eigenvalue weighted by Crippen LogP contribution is -1.97. The predicted octanol–water partition coefficient (Wildman–Crippen LogP) is 11.6. The van der Waals surface area contributed by atoms with Gasteiger partial charge in [0.15, 0.2) is 0 Å². The van der Waals surface area contributed by atoms with Crippen LogP contribution in [0.2, 0.25) is 0 Å². The summed E-state index contributed by atoms with van der Waals surface area (Å²) in [5, 5.41) is 0. The highest BCUT2D eigenvalue weighted by Gasteiger charge is 2.10. The molecule has 0 saturated heterocycles. The first kappa shape index (κ1) is 39.1. The van der Waals surface area contributed by atoms with Gasteiger partial charge in [-0.1, -0.05) is 193 Å². The number of nitrogens with two attached hydrogens (primary N) is 1. The van der Waals surface area contributed by atoms with Gasteiger partial charge in [0.2, 0.25) is 0 Å². The average Bonchev–Trinajstić information content (AvgIpc) is 2.90. The molecule has 0 aromatic carbocycles. The van der Waals surface area contributed by atoms with Crippen molar-refractivity contribution < 1.29 is 14.4 Å². The van der Waals surface area contributed by atoms with E-state index in [2.05, 4.69) is 0 Å². The number of unbranched alkanes of at least 4 members (excludes halogenated alkanes) is 31. The van der Waals surface area contributed by atoms with Crippen molar-refractivity contribution >= 4 is 7.60 Å². The van der Waals surface area contributed by atoms with Crippen LogP contribution in [0.15, 0.2) is 0 Å². The summed E-state index contributed by atoms with van der Waals surface area (Å²) in [6.45, 7) is 0.864. The van der Waals surface area contributed by atoms with Gasteiger partial charge >= 0.3 is 7.60 Å². The van der Waals surface area contributed by atoms with Crippen molar-refractivity contribution in [3.8, 4) is 0 Å². The van der Waals surface area contributed by atoms with Crippen molar-refractivity contribution in [2.24, 2.45) is 5.73 Å². The van der Waals surface area contributed by atoms with Gasteiger partial charge in [0.1, 0.15) is 0 Å². The molecule has 0 amide bonds. The average molecular weight is 574 g/mol. The molecule has 0 aliphatic carbocycles. The van der Waals surface area contributed by atoms with Gasteiger partial charge in [-0.05, 0) is 19.4 Å². The molecule has 0 bridgehead atoms. The van der Waals surface area contributed by atoms with Crippen LogP contribution in [-0.4, -0.2) is 22.5 Å². The summed E-state index contributed by atoms with van der Waals surface area (Å²) < 4.78 is 10.8. The summed E-state index contributed by atoms with van der Waals surface area (Å²) >= 11 is 0. The normalized spacial score (nSPS) is 12.0. The molecule has 0 spiro atoms. The fourth-order valence-electron chi connectivity index (χ4n) is 5.77. The van der Waals surface area contributed by atoms with Gasteiger partial charge in [-0.25, -0.2) is 0 Å². The monoisotopic (exact) mass is 574 g/mol. The van der Waals surface area contributed by atoms with Crippen molar-refractivity contribution in [1.29, 1.82) is 0 Å². The molecule has 0 heterocycles. The van der Waals surface area contributed by atoms with E-state index in [4.69, 9.17) is 15.5 Å². The molecule has 0 aromatic rings. The van der Waals surface area contributed by atoms with E-state index in [0.717, 1.165) is 19.4 Å². The Hall–Kier alpha value is 0.110. The SMILES string of the molecule is NCCCCCCCCCCCCCCCCCCCCCCCCCCCCCCCCCCP(=O)(O)O. The highest BCUT2D eigenvalue weighted by atomic mass is 31.2. The van der Waals surface area contributed by atoms with E-state index in [1.807, 2.05) is 0 Å². The lowest BCUT2D eigenvalue weighted by atomic mass is 10.0. The lowest BCUT2D eigenvalue weighted by Gasteiger charge is -2.05. The Bertz CT molecular complexity index is 497. The number of hydrogen-bond donors (Lipinski definition) is 3. The van der Waals surface area contributed by atoms with Crippen molar-refractivity contribution in [1.82, 2.24) is 0 Å². The summed E-state index contributed by atoms with van der Waals surface area (Å²) in [7, 11) is -3.77. The molecule has 0 fully saturated rings. The summed E-state index contributed by atoms with van der Waals surface area (Å²) in [6, 6.07) is 0. The van der Waals surface area contributed by atoms with Gasteiger partial charge in [0.05, 0.1) is 0 Å². The largest absolute Gasteiger partial charge is 0.330 e. The molecule has 0 aromatic heterocycles. The Kier molecular flexibility index (Phi) is 32.7. The minimum Gasteiger partial charge on any atom is -0.330 e. The minimum absolute atomic E-state index is 0.0605. The standard InChI is InChI=1S/C34H72NO3P/c35-33-31-29-27-25-23-21-19-17-15-13-11-9-7-5-3-1-2-4-6-8-10-12-14-16-18-20-22-24-26-28-30-32-34-39(36,37)38/h1-35H2,(H2,36,37,38). The smallest absolute Gasteiger partial charge is 0.325 e. The van der Waals surface area contributed by atoms with Crippen LogP contribution in [-0.2, 0) is 4.57 Å². The summed E-state index contributed by atoms with van der Waals surface area (Å²) in [5.41, 5.74) is 5.54. The van der Waals surface area contributed by atoms with E-state index in [0.29, 0.717) is 6.42 Å². The Balaban J connectivity index is 3.04. The minimum atomic E-state index is -3.77. The van der Waals surface area contributed by atoms with Gasteiger partial charge in [0.25, 0.3) is 0 Å². The first-order chi connectivity index (χ1) is 19.1. The Morgan fingerprint density at radius 1 is 0.308 bits per heavy atom. The van der Waals surface area contributed by atoms with Crippen molar-refractivity contribution in [2.45, 2.75) is 205 Å². The number of hydrogen-bond acceptors (Lipinski definition) is 2. The quantitative estimate of drug-likeness (QED) is 0.0528. The zero-order valence-electron chi connectivity index (χ0n) is 26.4. The molecule has 0 saturated carbocycles. The molecular weight excluding hydrogens is 501 g/mol. The van der Waals surface area contributed by atoms with Crippen LogP contribution in [0, 0.1) is 0 Å². The van der Waals surface area contributed by atoms with Crippen LogP contribution in [0.4, 0.5) is 0 Å². The zero-order valence-corrected chi connectivity index (χ0v) is 27.3. The molecule has 4 N–H and O–H groups in total. The maximum Gasteiger partial charge on any atom is 0.325 e. The molecule has 0 radical (unpaired) electrons. The highest BCUT2D eigenvalue weighted by molar-refractivity contribution is 7.51. The molecule has 0 aliphatic heterocycles. The summed E-state index contributed by atoms with van der Waals surface area (Å²) in [4.78, 5) is 17.7. The van der Waals surface area contributed by atoms with Crippen LogP contribution in [0.3, 0.4) is 0 Å². The number of rotatable bonds is 34. The molecule has 236 valence electrons. The fraction of sp³-hybridized carbons (Fsp3) is 1.00. The molecule has 0 unspecified atom stereocenters. The third-order valence-electron chi connectivity index (χ3n) is 8.40. The van der Waals surface area contributed by atoms with E-state index < -0.39 is 7.60 Å². The molecular formula is C34H72NO3P. The van der Waals surface area contributed by atoms with Crippen molar-refractivity contribution in [3.05, 3.63) is 0 Å². The zero-order chi connectivity index (χ0) is 28.5. The molecule has 0 atom stereocenters. The molecule has 39 heavy (non-hydrogen) atoms. The second-order valence-electron chi connectivity index (χ2n) is 12.5. The second-order valence-corrected chi connectivity index (χ2v) is 14.3. The van der Waals surface area contributed by atoms with Crippen LogP contribution in [0.25, 0.3) is 0 Å². The van der Waals surface area contributed by atoms with E-state index >= 15 is 0 Å². The van der Waals surface area contributed by atoms with Crippen molar-refractivity contribution in [3.63, 3.8) is 0 Å². The van der Waals surface area contributed by atoms with Crippen LogP contribution in [0.1, 0.15) is 205 Å². The Morgan fingerprint density at radius 2 is 0.462 bits per heavy atom. The summed E-state index contributed by atoms with van der Waals surface area (Å²) in [6.07, 6.45) is 43.7. The van der Waals surface area contributed by atoms with Crippen LogP contribution >= 0.6 is 7.60 Å². The Morgan fingerprint density at radius 3 is 0.615 bits per heavy atom. The van der Waals surface area contributed by atoms with Gasteiger partial charge in [-0.3, -0.25) is 4.57 Å². The van der Waals surface area contributed by atoms with Crippen LogP contribution in [0.5, 0.6) is 0 Å². The van der Waals surface area contributed by atoms with Gasteiger partial charge < -0.3 is 15.5 Å². The third-order valence-corrected chi connectivity index (χ3v) is 9.30. The van der Waals surface area contributed by atoms with Crippen molar-refractivity contribution in [2.75, 3.05) is 12.7 Å². The third kappa shape index (κ3) is 38.1. The maximum atomic E-state index is 10.8. The molecule has 0 aliphatic rings. The van der Waals surface area contributed by atoms with E-state index in [1.54, 1.807) is 0 Å². The Labute approximate surface area is 245 Å². The van der Waals surface area contributed by atoms with E-state index in [1.165, 1.54) is 186 Å². The topological polar surface area (TPSA) is 83.6 Å². The van der Waals surface area contributed by atoms with Gasteiger partial charge in [-0.2, -0.15) is 0 Å². The van der Waals surface area contributed by atoms with Crippen LogP contribution < -0.4 is 5.73 Å². The maximum absolute atomic E-state index is 10.8. The van der Waals surface area contributed by atoms with E-state index in [-0.39, 0.29) is 6.16 Å². The molecule has 4 nitrogen and oxygen atoms in total. The second kappa shape index (κ2) is 32.6. The molecule has 5 heteroatoms. The molecule has 0 rings (SSSR count). The highest BCUT2D eigenvalue weighted by Crippen LogP contribution is 2.35. The first-order valence-corrected chi connectivity index (χ1v) is 19.6. The fourth-order valence-corrected chi connectivity index (χ4v) is 6.40. The van der Waals surface area contributed by atoms with Gasteiger partial charge in [0, 0.05) is 6.16 Å². The lowest BCUT2D eigenvalue weighted by molar-refractivity contribution is 0.370. The van der Waals surface area contributed by atoms with E-state index in [9.17, 15) is 4.57 Å².